The average Bonchev–Trinajstić information content (AvgIpc) is 2.40. The van der Waals surface area contributed by atoms with Crippen molar-refractivity contribution >= 4 is 21.6 Å². The van der Waals surface area contributed by atoms with Crippen molar-refractivity contribution in [2.45, 2.75) is 12.8 Å². The normalized spacial score (nSPS) is 19.6. The van der Waals surface area contributed by atoms with E-state index in [0.29, 0.717) is 0 Å². The number of piperidine rings is 1. The number of methoxy groups -OCH3 is 1. The number of anilines is 1. The summed E-state index contributed by atoms with van der Waals surface area (Å²) in [5.74, 6) is 1.66. The highest BCUT2D eigenvalue weighted by molar-refractivity contribution is 9.10. The van der Waals surface area contributed by atoms with Crippen molar-refractivity contribution < 1.29 is 4.74 Å². The van der Waals surface area contributed by atoms with Gasteiger partial charge >= 0.3 is 0 Å². The van der Waals surface area contributed by atoms with Gasteiger partial charge in [-0.25, -0.2) is 0 Å². The Morgan fingerprint density at radius 2 is 2.33 bits per heavy atom. The van der Waals surface area contributed by atoms with Crippen LogP contribution in [0.4, 0.5) is 5.69 Å². The van der Waals surface area contributed by atoms with Gasteiger partial charge in [-0.1, -0.05) is 15.9 Å². The second kappa shape index (κ2) is 6.43. The highest BCUT2D eigenvalue weighted by Crippen LogP contribution is 2.31. The average molecular weight is 313 g/mol. The first-order valence-corrected chi connectivity index (χ1v) is 7.25. The fourth-order valence-corrected chi connectivity index (χ4v) is 2.88. The van der Waals surface area contributed by atoms with Gasteiger partial charge in [0, 0.05) is 18.1 Å². The number of rotatable bonds is 4. The second-order valence-corrected chi connectivity index (χ2v) is 5.82. The minimum absolute atomic E-state index is 0.729. The molecule has 3 nitrogen and oxygen atoms in total. The Morgan fingerprint density at radius 1 is 1.50 bits per heavy atom. The lowest BCUT2D eigenvalue weighted by atomic mass is 9.99. The molecule has 0 spiro atoms. The Hall–Kier alpha value is -0.740. The monoisotopic (exact) mass is 312 g/mol. The van der Waals surface area contributed by atoms with E-state index in [1.54, 1.807) is 7.11 Å². The summed E-state index contributed by atoms with van der Waals surface area (Å²) in [6.45, 7) is 3.36. The third kappa shape index (κ3) is 3.39. The second-order valence-electron chi connectivity index (χ2n) is 4.91. The molecule has 0 aromatic heterocycles. The first-order chi connectivity index (χ1) is 8.70. The van der Waals surface area contributed by atoms with Crippen LogP contribution < -0.4 is 15.0 Å². The summed E-state index contributed by atoms with van der Waals surface area (Å²) >= 11 is 3.52. The molecule has 0 aliphatic carbocycles. The molecule has 1 saturated heterocycles. The maximum atomic E-state index is 5.43. The fraction of sp³-hybridized carbons (Fsp3) is 0.571. The van der Waals surface area contributed by atoms with E-state index in [1.165, 1.54) is 19.4 Å². The van der Waals surface area contributed by atoms with E-state index < -0.39 is 0 Å². The Bertz CT molecular complexity index is 391. The number of nitrogens with one attached hydrogen (secondary N) is 1. The van der Waals surface area contributed by atoms with Crippen LogP contribution >= 0.6 is 15.9 Å². The molecule has 18 heavy (non-hydrogen) atoms. The molecule has 1 aromatic carbocycles. The summed E-state index contributed by atoms with van der Waals surface area (Å²) in [4.78, 5) is 2.29. The van der Waals surface area contributed by atoms with Gasteiger partial charge in [0.15, 0.2) is 0 Å². The number of benzene rings is 1. The van der Waals surface area contributed by atoms with Crippen molar-refractivity contribution in [3.05, 3.63) is 22.7 Å². The maximum absolute atomic E-state index is 5.43. The molecule has 1 heterocycles. The topological polar surface area (TPSA) is 24.5 Å². The molecule has 1 aliphatic rings. The number of hydrogen-bond donors (Lipinski definition) is 1. The van der Waals surface area contributed by atoms with E-state index >= 15 is 0 Å². The molecule has 4 heteroatoms. The largest absolute Gasteiger partial charge is 0.495 e. The van der Waals surface area contributed by atoms with Crippen LogP contribution in [0, 0.1) is 5.92 Å². The molecule has 0 bridgehead atoms. The lowest BCUT2D eigenvalue weighted by Crippen LogP contribution is -2.37. The highest BCUT2D eigenvalue weighted by atomic mass is 79.9. The van der Waals surface area contributed by atoms with E-state index in [2.05, 4.69) is 39.3 Å². The Morgan fingerprint density at radius 3 is 3.00 bits per heavy atom. The van der Waals surface area contributed by atoms with Crippen molar-refractivity contribution in [1.29, 1.82) is 0 Å². The fourth-order valence-electron chi connectivity index (χ4n) is 2.53. The van der Waals surface area contributed by atoms with E-state index in [0.717, 1.165) is 34.9 Å². The van der Waals surface area contributed by atoms with Crippen LogP contribution in [-0.4, -0.2) is 33.8 Å². The van der Waals surface area contributed by atoms with Gasteiger partial charge in [0.2, 0.25) is 0 Å². The zero-order chi connectivity index (χ0) is 13.0. The smallest absolute Gasteiger partial charge is 0.142 e. The van der Waals surface area contributed by atoms with Crippen LogP contribution in [0.5, 0.6) is 5.75 Å². The van der Waals surface area contributed by atoms with Gasteiger partial charge in [-0.05, 0) is 50.0 Å². The molecule has 0 amide bonds. The molecule has 0 radical (unpaired) electrons. The lowest BCUT2D eigenvalue weighted by Gasteiger charge is -2.29. The van der Waals surface area contributed by atoms with Crippen molar-refractivity contribution in [2.75, 3.05) is 38.7 Å². The summed E-state index contributed by atoms with van der Waals surface area (Å²) in [5, 5.41) is 3.46. The zero-order valence-corrected chi connectivity index (χ0v) is 12.7. The van der Waals surface area contributed by atoms with Crippen LogP contribution in [0.25, 0.3) is 0 Å². The SMILES string of the molecule is COc1ccc(Br)cc1N(C)CC1CCCNC1. The van der Waals surface area contributed by atoms with E-state index in [1.807, 2.05) is 12.1 Å². The highest BCUT2D eigenvalue weighted by Gasteiger charge is 2.17. The van der Waals surface area contributed by atoms with Crippen LogP contribution in [-0.2, 0) is 0 Å². The standard InChI is InChI=1S/C14H21BrN2O/c1-17(10-11-4-3-7-16-9-11)13-8-12(15)5-6-14(13)18-2/h5-6,8,11,16H,3-4,7,9-10H2,1-2H3. The summed E-state index contributed by atoms with van der Waals surface area (Å²) in [6, 6.07) is 6.14. The third-order valence-electron chi connectivity index (χ3n) is 3.48. The van der Waals surface area contributed by atoms with Gasteiger partial charge in [0.05, 0.1) is 12.8 Å². The zero-order valence-electron chi connectivity index (χ0n) is 11.1. The summed E-state index contributed by atoms with van der Waals surface area (Å²) in [5.41, 5.74) is 1.15. The van der Waals surface area contributed by atoms with E-state index in [4.69, 9.17) is 4.74 Å². The number of halogens is 1. The predicted molar refractivity (Wildman–Crippen MR) is 79.6 cm³/mol. The van der Waals surface area contributed by atoms with Gasteiger partial charge in [-0.15, -0.1) is 0 Å². The van der Waals surface area contributed by atoms with Crippen molar-refractivity contribution in [3.8, 4) is 5.75 Å². The first kappa shape index (κ1) is 13.7. The minimum atomic E-state index is 0.729. The molecular formula is C14H21BrN2O. The minimum Gasteiger partial charge on any atom is -0.495 e. The quantitative estimate of drug-likeness (QED) is 0.925. The molecule has 1 N–H and O–H groups in total. The Balaban J connectivity index is 2.07. The van der Waals surface area contributed by atoms with Crippen molar-refractivity contribution in [3.63, 3.8) is 0 Å². The third-order valence-corrected chi connectivity index (χ3v) is 3.98. The number of hydrogen-bond acceptors (Lipinski definition) is 3. The van der Waals surface area contributed by atoms with Crippen LogP contribution in [0.1, 0.15) is 12.8 Å². The first-order valence-electron chi connectivity index (χ1n) is 6.46. The number of ether oxygens (including phenoxy) is 1. The maximum Gasteiger partial charge on any atom is 0.142 e. The molecule has 1 unspecified atom stereocenters. The van der Waals surface area contributed by atoms with Crippen molar-refractivity contribution in [2.24, 2.45) is 5.92 Å². The van der Waals surface area contributed by atoms with Gasteiger partial charge < -0.3 is 15.0 Å². The van der Waals surface area contributed by atoms with Crippen LogP contribution in [0.2, 0.25) is 0 Å². The molecule has 0 saturated carbocycles. The summed E-state index contributed by atoms with van der Waals surface area (Å²) < 4.78 is 6.52. The van der Waals surface area contributed by atoms with Crippen LogP contribution in [0.3, 0.4) is 0 Å². The van der Waals surface area contributed by atoms with E-state index in [9.17, 15) is 0 Å². The molecular weight excluding hydrogens is 292 g/mol. The van der Waals surface area contributed by atoms with Gasteiger partial charge in [0.25, 0.3) is 0 Å². The predicted octanol–water partition coefficient (Wildman–Crippen LogP) is 2.89. The number of nitrogens with zero attached hydrogens (tertiary/aromatic N) is 1. The molecule has 1 atom stereocenters. The molecule has 1 aromatic rings. The van der Waals surface area contributed by atoms with Gasteiger partial charge in [0.1, 0.15) is 5.75 Å². The summed E-state index contributed by atoms with van der Waals surface area (Å²) in [6.07, 6.45) is 2.60. The lowest BCUT2D eigenvalue weighted by molar-refractivity contribution is 0.378. The van der Waals surface area contributed by atoms with Gasteiger partial charge in [-0.2, -0.15) is 0 Å². The summed E-state index contributed by atoms with van der Waals surface area (Å²) in [7, 11) is 3.86. The molecule has 100 valence electrons. The molecule has 1 fully saturated rings. The Labute approximate surface area is 118 Å². The molecule has 2 rings (SSSR count). The van der Waals surface area contributed by atoms with Gasteiger partial charge in [-0.3, -0.25) is 0 Å². The Kier molecular flexibility index (Phi) is 4.89. The van der Waals surface area contributed by atoms with Crippen LogP contribution in [0.15, 0.2) is 22.7 Å². The molecule has 1 aliphatic heterocycles. The van der Waals surface area contributed by atoms with Crippen molar-refractivity contribution in [1.82, 2.24) is 5.32 Å². The van der Waals surface area contributed by atoms with E-state index in [-0.39, 0.29) is 0 Å².